The maximum atomic E-state index is 12.9. The number of aliphatic hydroxyl groups is 1. The molecule has 2 atom stereocenters. The van der Waals surface area contributed by atoms with Gasteiger partial charge < -0.3 is 15.2 Å². The Kier molecular flexibility index (Phi) is 11.7. The van der Waals surface area contributed by atoms with Gasteiger partial charge in [-0.2, -0.15) is 0 Å². The third-order valence-electron chi connectivity index (χ3n) is 4.07. The van der Waals surface area contributed by atoms with E-state index in [1.54, 1.807) is 30.3 Å². The van der Waals surface area contributed by atoms with Crippen molar-refractivity contribution < 1.29 is 14.6 Å². The average molecular weight is 447 g/mol. The van der Waals surface area contributed by atoms with Gasteiger partial charge in [0.25, 0.3) is 0 Å². The summed E-state index contributed by atoms with van der Waals surface area (Å²) in [6, 6.07) is 14.1. The van der Waals surface area contributed by atoms with E-state index in [9.17, 15) is 9.90 Å². The van der Waals surface area contributed by atoms with Gasteiger partial charge in [-0.3, -0.25) is 4.79 Å². The lowest BCUT2D eigenvalue weighted by Crippen LogP contribution is -2.35. The average Bonchev–Trinajstić information content (AvgIpc) is 2.67. The fourth-order valence-electron chi connectivity index (χ4n) is 2.63. The molecule has 0 amide bonds. The lowest BCUT2D eigenvalue weighted by atomic mass is 9.99. The van der Waals surface area contributed by atoms with E-state index in [0.29, 0.717) is 28.6 Å². The molecule has 0 heterocycles. The molecule has 0 spiro atoms. The van der Waals surface area contributed by atoms with Crippen molar-refractivity contribution in [2.75, 3.05) is 19.7 Å². The maximum absolute atomic E-state index is 12.9. The lowest BCUT2D eigenvalue weighted by Gasteiger charge is -2.20. The Balaban J connectivity index is 0.00000392. The molecule has 0 aliphatic carbocycles. The monoisotopic (exact) mass is 445 g/mol. The Hall–Kier alpha value is -1.14. The number of hydrogen-bond acceptors (Lipinski definition) is 4. The third-order valence-corrected chi connectivity index (χ3v) is 4.65. The lowest BCUT2D eigenvalue weighted by molar-refractivity contribution is -0.00161. The van der Waals surface area contributed by atoms with Crippen LogP contribution in [0.3, 0.4) is 0 Å². The van der Waals surface area contributed by atoms with Crippen LogP contribution in [0, 0.1) is 0 Å². The molecule has 0 saturated heterocycles. The molecule has 2 N–H and O–H groups in total. The molecule has 0 radical (unpaired) electrons. The van der Waals surface area contributed by atoms with Gasteiger partial charge in [0.1, 0.15) is 6.10 Å². The van der Waals surface area contributed by atoms with Gasteiger partial charge in [-0.15, -0.1) is 12.4 Å². The van der Waals surface area contributed by atoms with Gasteiger partial charge in [-0.05, 0) is 30.7 Å². The fourth-order valence-corrected chi connectivity index (χ4v) is 3.12. The van der Waals surface area contributed by atoms with Crippen LogP contribution in [0.2, 0.25) is 10.0 Å². The van der Waals surface area contributed by atoms with E-state index in [1.807, 2.05) is 18.2 Å². The van der Waals surface area contributed by atoms with Gasteiger partial charge in [0.15, 0.2) is 5.78 Å². The zero-order valence-corrected chi connectivity index (χ0v) is 18.1. The van der Waals surface area contributed by atoms with E-state index < -0.39 is 12.2 Å². The summed E-state index contributed by atoms with van der Waals surface area (Å²) >= 11 is 12.2. The number of nitrogens with one attached hydrogen (secondary N) is 1. The van der Waals surface area contributed by atoms with Crippen molar-refractivity contribution in [2.24, 2.45) is 0 Å². The van der Waals surface area contributed by atoms with Gasteiger partial charge in [-0.1, -0.05) is 66.5 Å². The zero-order chi connectivity index (χ0) is 19.6. The fraction of sp³-hybridized carbons (Fsp3) is 0.381. The highest BCUT2D eigenvalue weighted by atomic mass is 35.5. The van der Waals surface area contributed by atoms with Gasteiger partial charge in [0.05, 0.1) is 12.7 Å². The second kappa shape index (κ2) is 13.2. The summed E-state index contributed by atoms with van der Waals surface area (Å²) in [7, 11) is 0. The Morgan fingerprint density at radius 1 is 1.18 bits per heavy atom. The predicted molar refractivity (Wildman–Crippen MR) is 117 cm³/mol. The van der Waals surface area contributed by atoms with E-state index in [1.165, 1.54) is 0 Å². The number of Topliss-reactive ketones (excluding diaryl/α,β-unsaturated/α-hetero) is 1. The molecule has 4 nitrogen and oxygen atoms in total. The standard InChI is InChI=1S/C21H25Cl2NO3.ClH/c1-2-10-24-13-18(25)14-27-20(21(26)15-6-4-3-5-7-15)11-16-8-9-17(22)12-19(16)23;/h3-9,12,18,20,24-25H,2,10-11,13-14H2,1H3;1H. The Morgan fingerprint density at radius 3 is 2.54 bits per heavy atom. The molecule has 28 heavy (non-hydrogen) atoms. The number of ether oxygens (including phenoxy) is 1. The summed E-state index contributed by atoms with van der Waals surface area (Å²) in [5, 5.41) is 14.2. The molecule has 2 aromatic carbocycles. The van der Waals surface area contributed by atoms with E-state index in [2.05, 4.69) is 12.2 Å². The van der Waals surface area contributed by atoms with Gasteiger partial charge in [0, 0.05) is 28.6 Å². The molecule has 7 heteroatoms. The predicted octanol–water partition coefficient (Wildman–Crippen LogP) is 4.59. The van der Waals surface area contributed by atoms with Crippen LogP contribution in [0.4, 0.5) is 0 Å². The van der Waals surface area contributed by atoms with E-state index in [4.69, 9.17) is 27.9 Å². The molecule has 0 aliphatic heterocycles. The summed E-state index contributed by atoms with van der Waals surface area (Å²) in [5.74, 6) is -0.143. The van der Waals surface area contributed by atoms with Crippen molar-refractivity contribution in [3.63, 3.8) is 0 Å². The number of benzene rings is 2. The molecule has 0 saturated carbocycles. The number of carbonyl (C=O) groups is 1. The van der Waals surface area contributed by atoms with Crippen LogP contribution in [0.25, 0.3) is 0 Å². The van der Waals surface area contributed by atoms with Gasteiger partial charge in [0.2, 0.25) is 0 Å². The largest absolute Gasteiger partial charge is 0.389 e. The molecule has 2 rings (SSSR count). The number of halogens is 3. The van der Waals surface area contributed by atoms with Crippen LogP contribution in [0.1, 0.15) is 29.3 Å². The van der Waals surface area contributed by atoms with E-state index in [0.717, 1.165) is 18.5 Å². The van der Waals surface area contributed by atoms with E-state index >= 15 is 0 Å². The second-order valence-corrected chi connectivity index (χ2v) is 7.19. The summed E-state index contributed by atoms with van der Waals surface area (Å²) in [6.07, 6.45) is -0.147. The van der Waals surface area contributed by atoms with Crippen molar-refractivity contribution in [1.29, 1.82) is 0 Å². The number of rotatable bonds is 11. The zero-order valence-electron chi connectivity index (χ0n) is 15.7. The van der Waals surface area contributed by atoms with Crippen LogP contribution < -0.4 is 5.32 Å². The molecule has 0 aliphatic rings. The van der Waals surface area contributed by atoms with Crippen molar-refractivity contribution in [1.82, 2.24) is 5.32 Å². The van der Waals surface area contributed by atoms with E-state index in [-0.39, 0.29) is 24.8 Å². The van der Waals surface area contributed by atoms with Crippen molar-refractivity contribution in [2.45, 2.75) is 32.0 Å². The van der Waals surface area contributed by atoms with Crippen LogP contribution >= 0.6 is 35.6 Å². The number of aliphatic hydroxyl groups excluding tert-OH is 1. The highest BCUT2D eigenvalue weighted by molar-refractivity contribution is 6.35. The van der Waals surface area contributed by atoms with Crippen LogP contribution in [-0.4, -0.2) is 42.8 Å². The van der Waals surface area contributed by atoms with Crippen LogP contribution in [0.5, 0.6) is 0 Å². The maximum Gasteiger partial charge on any atom is 0.191 e. The van der Waals surface area contributed by atoms with Crippen LogP contribution in [-0.2, 0) is 11.2 Å². The van der Waals surface area contributed by atoms with Crippen LogP contribution in [0.15, 0.2) is 48.5 Å². The summed E-state index contributed by atoms with van der Waals surface area (Å²) in [6.45, 7) is 3.36. The minimum Gasteiger partial charge on any atom is -0.389 e. The number of carbonyl (C=O) groups excluding carboxylic acids is 1. The third kappa shape index (κ3) is 8.08. The van der Waals surface area contributed by atoms with Gasteiger partial charge in [-0.25, -0.2) is 0 Å². The normalized spacial score (nSPS) is 12.9. The minimum atomic E-state index is -0.744. The second-order valence-electron chi connectivity index (χ2n) is 6.35. The summed E-state index contributed by atoms with van der Waals surface area (Å²) < 4.78 is 5.81. The molecule has 0 bridgehead atoms. The van der Waals surface area contributed by atoms with Gasteiger partial charge >= 0.3 is 0 Å². The molecule has 0 fully saturated rings. The molecule has 0 aromatic heterocycles. The Morgan fingerprint density at radius 2 is 1.89 bits per heavy atom. The first-order valence-corrected chi connectivity index (χ1v) is 9.80. The minimum absolute atomic E-state index is 0. The van der Waals surface area contributed by atoms with Crippen molar-refractivity contribution >= 4 is 41.4 Å². The smallest absolute Gasteiger partial charge is 0.191 e. The Bertz CT molecular complexity index is 728. The van der Waals surface area contributed by atoms with Crippen molar-refractivity contribution in [3.8, 4) is 0 Å². The SMILES string of the molecule is CCCNCC(O)COC(Cc1ccc(Cl)cc1Cl)C(=O)c1ccccc1.Cl. The first-order valence-electron chi connectivity index (χ1n) is 9.04. The molecule has 2 unspecified atom stereocenters. The quantitative estimate of drug-likeness (QED) is 0.392. The summed E-state index contributed by atoms with van der Waals surface area (Å²) in [5.41, 5.74) is 1.33. The topological polar surface area (TPSA) is 58.6 Å². The number of ketones is 1. The number of hydrogen-bond donors (Lipinski definition) is 2. The molecular formula is C21H26Cl3NO3. The molecule has 154 valence electrons. The Labute approximate surface area is 182 Å². The highest BCUT2D eigenvalue weighted by Gasteiger charge is 2.23. The molecule has 2 aromatic rings. The van der Waals surface area contributed by atoms with Crippen molar-refractivity contribution in [3.05, 3.63) is 69.7 Å². The first kappa shape index (κ1) is 24.9. The highest BCUT2D eigenvalue weighted by Crippen LogP contribution is 2.23. The molecular weight excluding hydrogens is 421 g/mol. The summed E-state index contributed by atoms with van der Waals surface area (Å²) in [4.78, 5) is 12.9. The first-order chi connectivity index (χ1) is 13.0.